The van der Waals surface area contributed by atoms with Gasteiger partial charge in [0.1, 0.15) is 5.82 Å². The van der Waals surface area contributed by atoms with E-state index in [0.717, 1.165) is 50.0 Å². The summed E-state index contributed by atoms with van der Waals surface area (Å²) in [7, 11) is 0. The third-order valence-electron chi connectivity index (χ3n) is 5.34. The van der Waals surface area contributed by atoms with Gasteiger partial charge in [-0.05, 0) is 36.2 Å². The number of pyridine rings is 1. The first kappa shape index (κ1) is 20.1. The lowest BCUT2D eigenvalue weighted by Gasteiger charge is -2.23. The Kier molecular flexibility index (Phi) is 5.79. The molecule has 30 heavy (non-hydrogen) atoms. The molecular weight excluding hydrogens is 402 g/mol. The molecule has 4 rings (SSSR count). The van der Waals surface area contributed by atoms with Crippen LogP contribution in [0, 0.1) is 21.4 Å². The Hall–Kier alpha value is -3.21. The van der Waals surface area contributed by atoms with Gasteiger partial charge in [-0.2, -0.15) is 5.26 Å². The van der Waals surface area contributed by atoms with Gasteiger partial charge in [0.15, 0.2) is 0 Å². The number of nitro benzene ring substituents is 1. The summed E-state index contributed by atoms with van der Waals surface area (Å²) >= 11 is 5.97. The zero-order valence-corrected chi connectivity index (χ0v) is 17.0. The predicted octanol–water partition coefficient (Wildman–Crippen LogP) is 4.38. The van der Waals surface area contributed by atoms with E-state index < -0.39 is 4.92 Å². The molecule has 1 fully saturated rings. The van der Waals surface area contributed by atoms with Gasteiger partial charge in [-0.15, -0.1) is 0 Å². The SMILES string of the molecule is N#Cc1cc(N2CCCN(Cc3ccc(Cl)cc3)CC2)nc2ccc([N+](=O)[O-])cc12. The van der Waals surface area contributed by atoms with Crippen molar-refractivity contribution in [1.29, 1.82) is 5.26 Å². The van der Waals surface area contributed by atoms with E-state index in [9.17, 15) is 15.4 Å². The van der Waals surface area contributed by atoms with Crippen molar-refractivity contribution in [2.24, 2.45) is 0 Å². The number of nitriles is 1. The first-order chi connectivity index (χ1) is 14.5. The van der Waals surface area contributed by atoms with Gasteiger partial charge in [0.2, 0.25) is 0 Å². The van der Waals surface area contributed by atoms with Crippen LogP contribution in [0.4, 0.5) is 11.5 Å². The van der Waals surface area contributed by atoms with Crippen LogP contribution in [-0.4, -0.2) is 41.0 Å². The van der Waals surface area contributed by atoms with E-state index in [2.05, 4.69) is 20.9 Å². The largest absolute Gasteiger partial charge is 0.355 e. The number of rotatable bonds is 4. The molecular formula is C22H20ClN5O2. The van der Waals surface area contributed by atoms with E-state index in [1.165, 1.54) is 17.7 Å². The molecule has 1 aliphatic rings. The van der Waals surface area contributed by atoms with E-state index in [4.69, 9.17) is 11.6 Å². The highest BCUT2D eigenvalue weighted by molar-refractivity contribution is 6.30. The van der Waals surface area contributed by atoms with Gasteiger partial charge in [-0.3, -0.25) is 15.0 Å². The van der Waals surface area contributed by atoms with Gasteiger partial charge in [0.25, 0.3) is 5.69 Å². The fourth-order valence-corrected chi connectivity index (χ4v) is 3.90. The van der Waals surface area contributed by atoms with Crippen LogP contribution in [0.5, 0.6) is 0 Å². The number of fused-ring (bicyclic) bond motifs is 1. The minimum atomic E-state index is -0.460. The van der Waals surface area contributed by atoms with Crippen molar-refractivity contribution in [3.63, 3.8) is 0 Å². The topological polar surface area (TPSA) is 86.3 Å². The van der Waals surface area contributed by atoms with Gasteiger partial charge in [-0.25, -0.2) is 4.98 Å². The van der Waals surface area contributed by atoms with Crippen LogP contribution in [0.15, 0.2) is 48.5 Å². The summed E-state index contributed by atoms with van der Waals surface area (Å²) in [5.74, 6) is 0.737. The van der Waals surface area contributed by atoms with Crippen LogP contribution in [0.1, 0.15) is 17.5 Å². The third kappa shape index (κ3) is 4.35. The molecule has 152 valence electrons. The van der Waals surface area contributed by atoms with Crippen molar-refractivity contribution in [2.45, 2.75) is 13.0 Å². The number of hydrogen-bond acceptors (Lipinski definition) is 6. The minimum Gasteiger partial charge on any atom is -0.355 e. The molecule has 0 spiro atoms. The van der Waals surface area contributed by atoms with Crippen molar-refractivity contribution in [3.05, 3.63) is 74.8 Å². The Balaban J connectivity index is 1.53. The molecule has 2 heterocycles. The molecule has 0 saturated carbocycles. The second kappa shape index (κ2) is 8.66. The van der Waals surface area contributed by atoms with Gasteiger partial charge in [0.05, 0.1) is 22.1 Å². The first-order valence-corrected chi connectivity index (χ1v) is 10.1. The fraction of sp³-hybridized carbons (Fsp3) is 0.273. The highest BCUT2D eigenvalue weighted by Gasteiger charge is 2.19. The van der Waals surface area contributed by atoms with Crippen LogP contribution < -0.4 is 4.90 Å². The molecule has 2 aromatic carbocycles. The number of nitro groups is 1. The standard InChI is InChI=1S/C22H20ClN5O2/c23-18-4-2-16(3-5-18)15-26-8-1-9-27(11-10-26)22-12-17(14-24)20-13-19(28(29)30)6-7-21(20)25-22/h2-7,12-13H,1,8-11,15H2. The summed E-state index contributed by atoms with van der Waals surface area (Å²) in [6.45, 7) is 4.36. The Morgan fingerprint density at radius 2 is 1.90 bits per heavy atom. The summed E-state index contributed by atoms with van der Waals surface area (Å²) in [5.41, 5.74) is 2.18. The molecule has 1 aromatic heterocycles. The molecule has 1 saturated heterocycles. The number of benzene rings is 2. The molecule has 0 unspecified atom stereocenters. The molecule has 1 aliphatic heterocycles. The number of aromatic nitrogens is 1. The second-order valence-electron chi connectivity index (χ2n) is 7.34. The van der Waals surface area contributed by atoms with Crippen LogP contribution in [0.2, 0.25) is 5.02 Å². The molecule has 3 aromatic rings. The maximum Gasteiger partial charge on any atom is 0.270 e. The van der Waals surface area contributed by atoms with E-state index in [-0.39, 0.29) is 5.69 Å². The Labute approximate surface area is 179 Å². The molecule has 0 amide bonds. The van der Waals surface area contributed by atoms with E-state index in [0.29, 0.717) is 16.5 Å². The van der Waals surface area contributed by atoms with E-state index in [1.54, 1.807) is 12.1 Å². The highest BCUT2D eigenvalue weighted by Crippen LogP contribution is 2.27. The van der Waals surface area contributed by atoms with Gasteiger partial charge in [0, 0.05) is 55.3 Å². The zero-order valence-electron chi connectivity index (χ0n) is 16.3. The summed E-state index contributed by atoms with van der Waals surface area (Å²) < 4.78 is 0. The summed E-state index contributed by atoms with van der Waals surface area (Å²) in [4.78, 5) is 19.9. The Morgan fingerprint density at radius 3 is 2.63 bits per heavy atom. The number of halogens is 1. The van der Waals surface area contributed by atoms with Crippen molar-refractivity contribution < 1.29 is 4.92 Å². The van der Waals surface area contributed by atoms with Crippen molar-refractivity contribution in [1.82, 2.24) is 9.88 Å². The number of non-ortho nitro benzene ring substituents is 1. The maximum absolute atomic E-state index is 11.1. The molecule has 0 radical (unpaired) electrons. The van der Waals surface area contributed by atoms with Crippen molar-refractivity contribution >= 4 is 34.0 Å². The lowest BCUT2D eigenvalue weighted by atomic mass is 10.1. The highest BCUT2D eigenvalue weighted by atomic mass is 35.5. The lowest BCUT2D eigenvalue weighted by Crippen LogP contribution is -2.31. The van der Waals surface area contributed by atoms with Crippen LogP contribution >= 0.6 is 11.6 Å². The van der Waals surface area contributed by atoms with E-state index in [1.807, 2.05) is 24.3 Å². The van der Waals surface area contributed by atoms with E-state index >= 15 is 0 Å². The number of nitrogens with zero attached hydrogens (tertiary/aromatic N) is 5. The minimum absolute atomic E-state index is 0.0406. The predicted molar refractivity (Wildman–Crippen MR) is 117 cm³/mol. The molecule has 8 heteroatoms. The smallest absolute Gasteiger partial charge is 0.270 e. The summed E-state index contributed by atoms with van der Waals surface area (Å²) in [6, 6.07) is 16.3. The molecule has 0 bridgehead atoms. The van der Waals surface area contributed by atoms with Gasteiger partial charge >= 0.3 is 0 Å². The Morgan fingerprint density at radius 1 is 1.10 bits per heavy atom. The number of anilines is 1. The second-order valence-corrected chi connectivity index (χ2v) is 7.78. The first-order valence-electron chi connectivity index (χ1n) is 9.74. The average molecular weight is 422 g/mol. The lowest BCUT2D eigenvalue weighted by molar-refractivity contribution is -0.384. The fourth-order valence-electron chi connectivity index (χ4n) is 3.77. The maximum atomic E-state index is 11.1. The normalized spacial score (nSPS) is 15.0. The summed E-state index contributed by atoms with van der Waals surface area (Å²) in [5, 5.41) is 21.9. The molecule has 7 nitrogen and oxygen atoms in total. The van der Waals surface area contributed by atoms with Crippen molar-refractivity contribution in [3.8, 4) is 6.07 Å². The van der Waals surface area contributed by atoms with Crippen LogP contribution in [0.3, 0.4) is 0 Å². The van der Waals surface area contributed by atoms with Gasteiger partial charge < -0.3 is 4.90 Å². The van der Waals surface area contributed by atoms with Crippen molar-refractivity contribution in [2.75, 3.05) is 31.1 Å². The molecule has 0 atom stereocenters. The number of hydrogen-bond donors (Lipinski definition) is 0. The van der Waals surface area contributed by atoms with Crippen LogP contribution in [-0.2, 0) is 6.54 Å². The van der Waals surface area contributed by atoms with Gasteiger partial charge in [-0.1, -0.05) is 23.7 Å². The average Bonchev–Trinajstić information content (AvgIpc) is 2.99. The monoisotopic (exact) mass is 421 g/mol. The Bertz CT molecular complexity index is 1130. The zero-order chi connectivity index (χ0) is 21.1. The molecule has 0 N–H and O–H groups in total. The third-order valence-corrected chi connectivity index (χ3v) is 5.59. The quantitative estimate of drug-likeness (QED) is 0.459. The van der Waals surface area contributed by atoms with Crippen LogP contribution in [0.25, 0.3) is 10.9 Å². The molecule has 0 aliphatic carbocycles. The summed E-state index contributed by atoms with van der Waals surface area (Å²) in [6.07, 6.45) is 0.982.